The van der Waals surface area contributed by atoms with Gasteiger partial charge in [-0.2, -0.15) is 0 Å². The minimum Gasteiger partial charge on any atom is -0.343 e. The van der Waals surface area contributed by atoms with Crippen molar-refractivity contribution in [1.82, 2.24) is 25.1 Å². The average molecular weight is 446 g/mol. The van der Waals surface area contributed by atoms with E-state index in [2.05, 4.69) is 20.5 Å². The van der Waals surface area contributed by atoms with Crippen LogP contribution in [0.5, 0.6) is 0 Å². The molecule has 1 amide bonds. The largest absolute Gasteiger partial charge is 0.343 e. The molecular weight excluding hydrogens is 421 g/mol. The number of hydrogen-bond donors (Lipinski definition) is 1. The van der Waals surface area contributed by atoms with Gasteiger partial charge in [-0.05, 0) is 49.9 Å². The van der Waals surface area contributed by atoms with Crippen LogP contribution in [-0.2, 0) is 6.54 Å². The maximum Gasteiger partial charge on any atom is 0.271 e. The van der Waals surface area contributed by atoms with Crippen molar-refractivity contribution in [2.75, 3.05) is 5.75 Å². The van der Waals surface area contributed by atoms with Crippen LogP contribution in [0.25, 0.3) is 5.69 Å². The molecule has 1 saturated carbocycles. The van der Waals surface area contributed by atoms with Gasteiger partial charge in [0.1, 0.15) is 11.5 Å². The second-order valence-corrected chi connectivity index (χ2v) is 9.51. The molecule has 1 aromatic carbocycles. The van der Waals surface area contributed by atoms with Gasteiger partial charge in [0, 0.05) is 16.8 Å². The SMILES string of the molecule is Cc1nc(C(=O)NCc2nnc(SCC3CCCCC3)n2-c2ccc(F)cc2)cs1. The van der Waals surface area contributed by atoms with Crippen LogP contribution in [0.1, 0.15) is 53.4 Å². The lowest BCUT2D eigenvalue weighted by atomic mass is 9.91. The molecule has 2 aromatic heterocycles. The first-order valence-electron chi connectivity index (χ1n) is 10.1. The van der Waals surface area contributed by atoms with Crippen LogP contribution in [0.4, 0.5) is 4.39 Å². The Labute approximate surface area is 183 Å². The number of thioether (sulfide) groups is 1. The highest BCUT2D eigenvalue weighted by Gasteiger charge is 2.19. The first-order valence-corrected chi connectivity index (χ1v) is 12.0. The van der Waals surface area contributed by atoms with Crippen molar-refractivity contribution in [3.63, 3.8) is 0 Å². The van der Waals surface area contributed by atoms with E-state index in [1.54, 1.807) is 29.3 Å². The molecule has 2 heterocycles. The quantitative estimate of drug-likeness (QED) is 0.530. The zero-order valence-corrected chi connectivity index (χ0v) is 18.4. The predicted octanol–water partition coefficient (Wildman–Crippen LogP) is 4.77. The summed E-state index contributed by atoms with van der Waals surface area (Å²) in [5.74, 6) is 1.75. The Kier molecular flexibility index (Phi) is 6.79. The van der Waals surface area contributed by atoms with Crippen LogP contribution >= 0.6 is 23.1 Å². The molecule has 0 spiro atoms. The fourth-order valence-electron chi connectivity index (χ4n) is 3.62. The molecule has 1 N–H and O–H groups in total. The summed E-state index contributed by atoms with van der Waals surface area (Å²) in [6.07, 6.45) is 6.43. The average Bonchev–Trinajstić information content (AvgIpc) is 3.38. The highest BCUT2D eigenvalue weighted by atomic mass is 32.2. The van der Waals surface area contributed by atoms with E-state index in [1.807, 2.05) is 11.5 Å². The van der Waals surface area contributed by atoms with Gasteiger partial charge in [-0.15, -0.1) is 21.5 Å². The van der Waals surface area contributed by atoms with Gasteiger partial charge in [0.05, 0.1) is 11.6 Å². The Morgan fingerprint density at radius 3 is 2.70 bits per heavy atom. The molecule has 0 saturated heterocycles. The third-order valence-electron chi connectivity index (χ3n) is 5.22. The summed E-state index contributed by atoms with van der Waals surface area (Å²) in [6.45, 7) is 2.08. The Hall–Kier alpha value is -2.26. The minimum atomic E-state index is -0.294. The monoisotopic (exact) mass is 445 g/mol. The van der Waals surface area contributed by atoms with Gasteiger partial charge in [0.2, 0.25) is 0 Å². The molecule has 158 valence electrons. The standard InChI is InChI=1S/C21H24FN5OS2/c1-14-24-18(13-29-14)20(28)23-11-19-25-26-21(30-12-15-5-3-2-4-6-15)27(19)17-9-7-16(22)8-10-17/h7-10,13,15H,2-6,11-12H2,1H3,(H,23,28). The number of amides is 1. The maximum absolute atomic E-state index is 13.5. The van der Waals surface area contributed by atoms with E-state index in [4.69, 9.17) is 0 Å². The number of hydrogen-bond acceptors (Lipinski definition) is 6. The number of rotatable bonds is 7. The van der Waals surface area contributed by atoms with Crippen molar-refractivity contribution in [3.8, 4) is 5.69 Å². The Morgan fingerprint density at radius 1 is 1.23 bits per heavy atom. The van der Waals surface area contributed by atoms with Gasteiger partial charge >= 0.3 is 0 Å². The molecule has 0 bridgehead atoms. The number of nitrogens with one attached hydrogen (secondary N) is 1. The van der Waals surface area contributed by atoms with Crippen LogP contribution < -0.4 is 5.32 Å². The van der Waals surface area contributed by atoms with Gasteiger partial charge in [-0.3, -0.25) is 9.36 Å². The number of halogens is 1. The summed E-state index contributed by atoms with van der Waals surface area (Å²) in [6, 6.07) is 6.26. The normalized spacial score (nSPS) is 14.7. The van der Waals surface area contributed by atoms with Crippen molar-refractivity contribution in [1.29, 1.82) is 0 Å². The lowest BCUT2D eigenvalue weighted by molar-refractivity contribution is 0.0945. The van der Waals surface area contributed by atoms with Gasteiger partial charge in [-0.25, -0.2) is 9.37 Å². The number of thiazole rings is 1. The van der Waals surface area contributed by atoms with Gasteiger partial charge in [-0.1, -0.05) is 31.0 Å². The number of benzene rings is 1. The number of nitrogens with zero attached hydrogens (tertiary/aromatic N) is 4. The van der Waals surface area contributed by atoms with Crippen LogP contribution in [0.2, 0.25) is 0 Å². The molecule has 0 radical (unpaired) electrons. The highest BCUT2D eigenvalue weighted by molar-refractivity contribution is 7.99. The number of carbonyl (C=O) groups is 1. The van der Waals surface area contributed by atoms with Crippen LogP contribution in [0, 0.1) is 18.7 Å². The molecule has 0 atom stereocenters. The van der Waals surface area contributed by atoms with E-state index < -0.39 is 0 Å². The summed E-state index contributed by atoms with van der Waals surface area (Å²) < 4.78 is 15.4. The summed E-state index contributed by atoms with van der Waals surface area (Å²) in [7, 11) is 0. The molecule has 30 heavy (non-hydrogen) atoms. The van der Waals surface area contributed by atoms with Crippen LogP contribution in [0.15, 0.2) is 34.8 Å². The molecule has 1 fully saturated rings. The van der Waals surface area contributed by atoms with E-state index >= 15 is 0 Å². The van der Waals surface area contributed by atoms with E-state index in [-0.39, 0.29) is 18.3 Å². The lowest BCUT2D eigenvalue weighted by Crippen LogP contribution is -2.25. The molecule has 9 heteroatoms. The molecule has 3 aromatic rings. The van der Waals surface area contributed by atoms with E-state index in [9.17, 15) is 9.18 Å². The molecule has 1 aliphatic carbocycles. The molecule has 1 aliphatic rings. The predicted molar refractivity (Wildman–Crippen MR) is 117 cm³/mol. The highest BCUT2D eigenvalue weighted by Crippen LogP contribution is 2.30. The summed E-state index contributed by atoms with van der Waals surface area (Å²) >= 11 is 3.12. The number of aryl methyl sites for hydroxylation is 1. The Bertz CT molecular complexity index is 995. The van der Waals surface area contributed by atoms with Crippen molar-refractivity contribution in [2.45, 2.75) is 50.7 Å². The summed E-state index contributed by atoms with van der Waals surface area (Å²) in [5, 5.41) is 14.9. The summed E-state index contributed by atoms with van der Waals surface area (Å²) in [5.41, 5.74) is 1.18. The smallest absolute Gasteiger partial charge is 0.271 e. The first-order chi connectivity index (χ1) is 14.6. The fraction of sp³-hybridized carbons (Fsp3) is 0.429. The Morgan fingerprint density at radius 2 is 2.00 bits per heavy atom. The third kappa shape index (κ3) is 5.07. The van der Waals surface area contributed by atoms with Gasteiger partial charge < -0.3 is 5.32 Å². The van der Waals surface area contributed by atoms with Gasteiger partial charge in [0.25, 0.3) is 5.91 Å². The van der Waals surface area contributed by atoms with Crippen molar-refractivity contribution >= 4 is 29.0 Å². The van der Waals surface area contributed by atoms with Crippen LogP contribution in [-0.4, -0.2) is 31.4 Å². The topological polar surface area (TPSA) is 72.7 Å². The van der Waals surface area contributed by atoms with Crippen molar-refractivity contribution < 1.29 is 9.18 Å². The van der Waals surface area contributed by atoms with Crippen LogP contribution in [0.3, 0.4) is 0 Å². The molecule has 4 rings (SSSR count). The first kappa shape index (κ1) is 21.0. The maximum atomic E-state index is 13.5. The third-order valence-corrected chi connectivity index (χ3v) is 7.15. The zero-order chi connectivity index (χ0) is 20.9. The zero-order valence-electron chi connectivity index (χ0n) is 16.8. The van der Waals surface area contributed by atoms with E-state index in [1.165, 1.54) is 55.6 Å². The molecular formula is C21H24FN5OS2. The number of aromatic nitrogens is 4. The van der Waals surface area contributed by atoms with Gasteiger partial charge in [0.15, 0.2) is 11.0 Å². The second-order valence-electron chi connectivity index (χ2n) is 7.46. The molecule has 0 aliphatic heterocycles. The molecule has 0 unspecified atom stereocenters. The number of carbonyl (C=O) groups excluding carboxylic acids is 1. The molecule has 6 nitrogen and oxygen atoms in total. The summed E-state index contributed by atoms with van der Waals surface area (Å²) in [4.78, 5) is 16.6. The van der Waals surface area contributed by atoms with Crippen molar-refractivity contribution in [2.24, 2.45) is 5.92 Å². The van der Waals surface area contributed by atoms with E-state index in [0.29, 0.717) is 17.4 Å². The van der Waals surface area contributed by atoms with E-state index in [0.717, 1.165) is 21.6 Å². The second kappa shape index (κ2) is 9.70. The minimum absolute atomic E-state index is 0.212. The lowest BCUT2D eigenvalue weighted by Gasteiger charge is -2.20. The van der Waals surface area contributed by atoms with Crippen molar-refractivity contribution in [3.05, 3.63) is 52.0 Å². The Balaban J connectivity index is 1.52. The fourth-order valence-corrected chi connectivity index (χ4v) is 5.37.